The van der Waals surface area contributed by atoms with Gasteiger partial charge in [-0.1, -0.05) is 131 Å². The Morgan fingerprint density at radius 3 is 2.29 bits per heavy atom. The van der Waals surface area contributed by atoms with E-state index in [0.717, 1.165) is 60.7 Å². The fourth-order valence-corrected chi connectivity index (χ4v) is 6.05. The molecule has 0 saturated heterocycles. The summed E-state index contributed by atoms with van der Waals surface area (Å²) in [6, 6.07) is 43.3. The van der Waals surface area contributed by atoms with Crippen LogP contribution in [-0.4, -0.2) is 9.97 Å². The minimum absolute atomic E-state index is 0. The smallest absolute Gasteiger partial charge is 0.128 e. The van der Waals surface area contributed by atoms with Crippen molar-refractivity contribution in [2.24, 2.45) is 5.41 Å². The number of benzene rings is 5. The van der Waals surface area contributed by atoms with Gasteiger partial charge in [-0.05, 0) is 62.8 Å². The van der Waals surface area contributed by atoms with Gasteiger partial charge in [0.2, 0.25) is 0 Å². The van der Waals surface area contributed by atoms with Crippen LogP contribution in [-0.2, 0) is 26.5 Å². The van der Waals surface area contributed by atoms with Crippen LogP contribution < -0.4 is 0 Å². The second kappa shape index (κ2) is 15.2. The third kappa shape index (κ3) is 8.04. The number of rotatable bonds is 5. The van der Waals surface area contributed by atoms with E-state index in [9.17, 15) is 0 Å². The van der Waals surface area contributed by atoms with E-state index in [4.69, 9.17) is 12.6 Å². The molecular formula is C47H42IrN2O-2. The van der Waals surface area contributed by atoms with Crippen molar-refractivity contribution >= 4 is 32.7 Å². The molecule has 0 aliphatic carbocycles. The molecule has 8 aromatic rings. The first-order valence-corrected chi connectivity index (χ1v) is 16.7. The van der Waals surface area contributed by atoms with Crippen LogP contribution in [0.3, 0.4) is 0 Å². The van der Waals surface area contributed by atoms with Gasteiger partial charge >= 0.3 is 0 Å². The van der Waals surface area contributed by atoms with Crippen molar-refractivity contribution in [3.63, 3.8) is 0 Å². The van der Waals surface area contributed by atoms with Crippen molar-refractivity contribution in [1.82, 2.24) is 9.97 Å². The Morgan fingerprint density at radius 2 is 1.59 bits per heavy atom. The molecule has 8 rings (SSSR count). The number of aromatic nitrogens is 2. The topological polar surface area (TPSA) is 38.9 Å². The van der Waals surface area contributed by atoms with Crippen molar-refractivity contribution in [2.45, 2.75) is 53.7 Å². The number of aryl methyl sites for hydroxylation is 1. The first-order valence-electron chi connectivity index (χ1n) is 19.7. The Kier molecular flexibility index (Phi) is 8.55. The zero-order chi connectivity index (χ0) is 40.0. The van der Waals surface area contributed by atoms with Crippen LogP contribution in [0.1, 0.15) is 65.4 Å². The van der Waals surface area contributed by atoms with E-state index in [1.165, 1.54) is 12.3 Å². The van der Waals surface area contributed by atoms with E-state index in [0.29, 0.717) is 16.8 Å². The standard InChI is InChI=1S/C30H22NO.C17H20N.Ir/c1-19(2)20-10-12-21(13-11-20)23-16-17-31-28(18-23)27-9-5-8-25-26-15-14-22-6-3-4-7-24(22)29(26)32-30(25)27;1-13-5-8-15(9-6-13)16-10-7-14(12-18-16)11-17(2,3)4;/h3-8,10-19H,1-2H3;5-8,10,12H,11H2,1-4H3;/q2*-1;/i19D;1D3,11D2;. The minimum atomic E-state index is -2.14. The van der Waals surface area contributed by atoms with Gasteiger partial charge in [-0.3, -0.25) is 0 Å². The number of pyridine rings is 2. The van der Waals surface area contributed by atoms with Gasteiger partial charge in [0.1, 0.15) is 5.58 Å². The molecule has 0 spiro atoms. The van der Waals surface area contributed by atoms with Crippen molar-refractivity contribution < 1.29 is 32.7 Å². The monoisotopic (exact) mass is 849 g/mol. The van der Waals surface area contributed by atoms with Crippen molar-refractivity contribution in [2.75, 3.05) is 0 Å². The summed E-state index contributed by atoms with van der Waals surface area (Å²) >= 11 is 0. The van der Waals surface area contributed by atoms with Crippen LogP contribution in [0.5, 0.6) is 0 Å². The summed E-state index contributed by atoms with van der Waals surface area (Å²) < 4.78 is 53.3. The van der Waals surface area contributed by atoms with E-state index in [1.807, 2.05) is 77.2 Å². The molecule has 1 radical (unpaired) electrons. The van der Waals surface area contributed by atoms with Crippen molar-refractivity contribution in [3.8, 4) is 33.6 Å². The average Bonchev–Trinajstić information content (AvgIpc) is 3.57. The van der Waals surface area contributed by atoms with E-state index < -0.39 is 24.5 Å². The molecule has 3 aromatic heterocycles. The molecule has 3 nitrogen and oxygen atoms in total. The van der Waals surface area contributed by atoms with Crippen LogP contribution in [0, 0.1) is 24.4 Å². The van der Waals surface area contributed by atoms with Gasteiger partial charge < -0.3 is 14.4 Å². The summed E-state index contributed by atoms with van der Waals surface area (Å²) in [7, 11) is 0. The van der Waals surface area contributed by atoms with Gasteiger partial charge in [0.25, 0.3) is 0 Å². The normalized spacial score (nSPS) is 13.9. The van der Waals surface area contributed by atoms with Crippen LogP contribution >= 0.6 is 0 Å². The summed E-state index contributed by atoms with van der Waals surface area (Å²) in [5, 5.41) is 4.44. The molecule has 4 heteroatoms. The molecule has 0 bridgehead atoms. The molecule has 51 heavy (non-hydrogen) atoms. The average molecular weight is 849 g/mol. The van der Waals surface area contributed by atoms with Crippen molar-refractivity contribution in [1.29, 1.82) is 0 Å². The summed E-state index contributed by atoms with van der Waals surface area (Å²) in [6.07, 6.45) is 1.87. The number of fused-ring (bicyclic) bond motifs is 5. The number of nitrogens with zero attached hydrogens (tertiary/aromatic N) is 2. The zero-order valence-electron chi connectivity index (χ0n) is 35.3. The molecule has 3 heterocycles. The predicted octanol–water partition coefficient (Wildman–Crippen LogP) is 12.8. The Labute approximate surface area is 323 Å². The molecule has 0 amide bonds. The molecule has 0 fully saturated rings. The Hall–Kier alpha value is -4.89. The summed E-state index contributed by atoms with van der Waals surface area (Å²) in [6.45, 7) is 7.21. The summed E-state index contributed by atoms with van der Waals surface area (Å²) in [5.74, 6) is -0.613. The van der Waals surface area contributed by atoms with E-state index in [1.54, 1.807) is 24.3 Å². The van der Waals surface area contributed by atoms with E-state index >= 15 is 0 Å². The van der Waals surface area contributed by atoms with Gasteiger partial charge in [-0.25, -0.2) is 0 Å². The van der Waals surface area contributed by atoms with Crippen LogP contribution in [0.25, 0.3) is 66.4 Å². The molecule has 0 aliphatic rings. The molecule has 0 atom stereocenters. The van der Waals surface area contributed by atoms with Gasteiger partial charge in [-0.2, -0.15) is 0 Å². The first kappa shape index (κ1) is 28.8. The predicted molar refractivity (Wildman–Crippen MR) is 209 cm³/mol. The van der Waals surface area contributed by atoms with Gasteiger partial charge in [0.15, 0.2) is 0 Å². The maximum atomic E-state index is 8.25. The molecule has 0 aliphatic heterocycles. The zero-order valence-corrected chi connectivity index (χ0v) is 31.7. The molecule has 0 saturated carbocycles. The summed E-state index contributed by atoms with van der Waals surface area (Å²) in [4.78, 5) is 8.96. The molecule has 0 N–H and O–H groups in total. The Bertz CT molecular complexity index is 2660. The van der Waals surface area contributed by atoms with Gasteiger partial charge in [0, 0.05) is 51.5 Å². The molecule has 0 unspecified atom stereocenters. The van der Waals surface area contributed by atoms with E-state index in [2.05, 4.69) is 70.6 Å². The second-order valence-corrected chi connectivity index (χ2v) is 13.7. The first-order chi connectivity index (χ1) is 26.4. The van der Waals surface area contributed by atoms with Crippen LogP contribution in [0.4, 0.5) is 0 Å². The summed E-state index contributed by atoms with van der Waals surface area (Å²) in [5.41, 5.74) is 8.08. The van der Waals surface area contributed by atoms with Crippen LogP contribution in [0.2, 0.25) is 0 Å². The maximum Gasteiger partial charge on any atom is 0.128 e. The molecule has 5 aromatic carbocycles. The molecular weight excluding hydrogens is 801 g/mol. The van der Waals surface area contributed by atoms with Crippen LogP contribution in [0.15, 0.2) is 132 Å². The second-order valence-electron chi connectivity index (χ2n) is 13.7. The van der Waals surface area contributed by atoms with Gasteiger partial charge in [-0.15, -0.1) is 53.6 Å². The van der Waals surface area contributed by atoms with Gasteiger partial charge in [0.05, 0.1) is 5.58 Å². The minimum Gasteiger partial charge on any atom is -0.500 e. The van der Waals surface area contributed by atoms with E-state index in [-0.39, 0.29) is 25.7 Å². The Morgan fingerprint density at radius 1 is 0.784 bits per heavy atom. The molecule has 257 valence electrons. The number of hydrogen-bond donors (Lipinski definition) is 0. The number of furan rings is 1. The van der Waals surface area contributed by atoms with Crippen molar-refractivity contribution in [3.05, 3.63) is 156 Å². The SMILES string of the molecule is [2H]C(C)(C)c1ccc(-c2ccnc(-c3[c-]ccc4c3oc3c5ccccc5ccc43)c2)cc1.[2H]C([2H])([2H])c1c[c-]c(-c2ccc(C([2H])([2H])C(C)(C)C)cn2)cc1.[Ir]. The Balaban J connectivity index is 0.000000203. The maximum absolute atomic E-state index is 8.25. The third-order valence-corrected chi connectivity index (χ3v) is 8.51. The fourth-order valence-electron chi connectivity index (χ4n) is 6.05. The quantitative estimate of drug-likeness (QED) is 0.162. The fraction of sp³-hybridized carbons (Fsp3) is 0.191. The largest absolute Gasteiger partial charge is 0.500 e. The number of hydrogen-bond acceptors (Lipinski definition) is 3. The third-order valence-electron chi connectivity index (χ3n) is 8.51.